The van der Waals surface area contributed by atoms with Crippen LogP contribution in [0.1, 0.15) is 135 Å². The van der Waals surface area contributed by atoms with Crippen molar-refractivity contribution in [2.75, 3.05) is 6.54 Å². The Kier molecular flexibility index (Phi) is 25.5. The highest BCUT2D eigenvalue weighted by molar-refractivity contribution is 8.11. The van der Waals surface area contributed by atoms with E-state index in [1.165, 1.54) is 128 Å². The molecule has 0 atom stereocenters. The van der Waals surface area contributed by atoms with Crippen LogP contribution < -0.4 is 5.32 Å². The number of nitrogens with one attached hydrogen (secondary N) is 1. The number of thiol groups is 2. The van der Waals surface area contributed by atoms with Crippen LogP contribution in [0.4, 0.5) is 0 Å². The van der Waals surface area contributed by atoms with Gasteiger partial charge in [-0.05, 0) is 19.3 Å². The summed E-state index contributed by atoms with van der Waals surface area (Å²) in [5.41, 5.74) is 0. The van der Waals surface area contributed by atoms with Gasteiger partial charge in [-0.3, -0.25) is 0 Å². The van der Waals surface area contributed by atoms with Crippen molar-refractivity contribution in [3.05, 3.63) is 0 Å². The molecule has 0 fully saturated rings. The minimum Gasteiger partial charge on any atom is -0.371 e. The predicted molar refractivity (Wildman–Crippen MR) is 148 cm³/mol. The molecule has 0 aromatic carbocycles. The van der Waals surface area contributed by atoms with E-state index < -0.39 is 0 Å². The van der Waals surface area contributed by atoms with E-state index in [1.54, 1.807) is 0 Å². The monoisotopic (exact) mass is 477 g/mol. The number of rotatable bonds is 23. The number of hydrogen-bond acceptors (Lipinski definition) is 2. The van der Waals surface area contributed by atoms with E-state index in [2.05, 4.69) is 30.6 Å². The standard InChI is InChI=1S/C24H47NS4/c26-23(27)21-19-17-15-13-11-9-7-5-3-1-2-4-6-8-10-12-14-16-18-20-22-25-24(28)29/h1-22H2,(H,26,27)(H2,25,28,29). The Morgan fingerprint density at radius 1 is 0.448 bits per heavy atom. The third-order valence-corrected chi connectivity index (χ3v) is 6.32. The minimum atomic E-state index is 0.623. The summed E-state index contributed by atoms with van der Waals surface area (Å²) in [7, 11) is 0. The van der Waals surface area contributed by atoms with E-state index in [4.69, 9.17) is 24.4 Å². The second-order valence-corrected chi connectivity index (χ2v) is 10.9. The molecule has 5 heteroatoms. The highest BCUT2D eigenvalue weighted by atomic mass is 32.1. The Morgan fingerprint density at radius 3 is 1.00 bits per heavy atom. The van der Waals surface area contributed by atoms with Gasteiger partial charge >= 0.3 is 0 Å². The van der Waals surface area contributed by atoms with Crippen LogP contribution in [0, 0.1) is 0 Å². The van der Waals surface area contributed by atoms with Crippen molar-refractivity contribution < 1.29 is 0 Å². The van der Waals surface area contributed by atoms with Crippen molar-refractivity contribution in [3.63, 3.8) is 0 Å². The van der Waals surface area contributed by atoms with Crippen molar-refractivity contribution in [2.24, 2.45) is 0 Å². The first-order chi connectivity index (χ1) is 14.1. The maximum Gasteiger partial charge on any atom is 0.130 e. The Labute approximate surface area is 204 Å². The van der Waals surface area contributed by atoms with Gasteiger partial charge in [0.2, 0.25) is 0 Å². The average molecular weight is 478 g/mol. The maximum atomic E-state index is 4.99. The molecule has 0 radical (unpaired) electrons. The fraction of sp³-hybridized carbons (Fsp3) is 0.917. The first kappa shape index (κ1) is 29.7. The quantitative estimate of drug-likeness (QED) is 0.0770. The van der Waals surface area contributed by atoms with Gasteiger partial charge in [-0.25, -0.2) is 0 Å². The van der Waals surface area contributed by atoms with Crippen molar-refractivity contribution in [3.8, 4) is 0 Å². The lowest BCUT2D eigenvalue weighted by Crippen LogP contribution is -2.17. The summed E-state index contributed by atoms with van der Waals surface area (Å²) in [5, 5.41) is 3.10. The summed E-state index contributed by atoms with van der Waals surface area (Å²) in [6.45, 7) is 0.981. The average Bonchev–Trinajstić information content (AvgIpc) is 2.68. The Hall–Kier alpha value is 0.680. The van der Waals surface area contributed by atoms with Crippen LogP contribution in [0.25, 0.3) is 0 Å². The molecule has 1 nitrogen and oxygen atoms in total. The zero-order chi connectivity index (χ0) is 21.4. The van der Waals surface area contributed by atoms with Crippen LogP contribution in [-0.4, -0.2) is 15.1 Å². The van der Waals surface area contributed by atoms with E-state index in [-0.39, 0.29) is 0 Å². The summed E-state index contributed by atoms with van der Waals surface area (Å²) >= 11 is 18.1. The molecule has 0 rings (SSSR count). The van der Waals surface area contributed by atoms with Gasteiger partial charge in [0.1, 0.15) is 4.32 Å². The molecule has 0 saturated carbocycles. The van der Waals surface area contributed by atoms with Crippen molar-refractivity contribution in [1.82, 2.24) is 5.32 Å². The lowest BCUT2D eigenvalue weighted by Gasteiger charge is -2.04. The topological polar surface area (TPSA) is 12.0 Å². The summed E-state index contributed by atoms with van der Waals surface area (Å²) in [5.74, 6) is 0. The van der Waals surface area contributed by atoms with Gasteiger partial charge in [-0.1, -0.05) is 140 Å². The third kappa shape index (κ3) is 28.7. The molecule has 0 unspecified atom stereocenters. The molecule has 1 N–H and O–H groups in total. The first-order valence-corrected chi connectivity index (χ1v) is 14.0. The summed E-state index contributed by atoms with van der Waals surface area (Å²) in [6, 6.07) is 0. The van der Waals surface area contributed by atoms with E-state index in [1.807, 2.05) is 0 Å². The highest BCUT2D eigenvalue weighted by Crippen LogP contribution is 2.15. The van der Waals surface area contributed by atoms with E-state index in [0.717, 1.165) is 17.2 Å². The van der Waals surface area contributed by atoms with Gasteiger partial charge in [0.25, 0.3) is 0 Å². The largest absolute Gasteiger partial charge is 0.371 e. The molecular weight excluding hydrogens is 431 g/mol. The molecule has 172 valence electrons. The predicted octanol–water partition coefficient (Wildman–Crippen LogP) is 9.24. The molecule has 0 aliphatic heterocycles. The van der Waals surface area contributed by atoms with Crippen LogP contribution in [0.2, 0.25) is 0 Å². The normalized spacial score (nSPS) is 11.0. The van der Waals surface area contributed by atoms with Crippen molar-refractivity contribution in [2.45, 2.75) is 135 Å². The van der Waals surface area contributed by atoms with Crippen LogP contribution in [-0.2, 0) is 0 Å². The highest BCUT2D eigenvalue weighted by Gasteiger charge is 1.96. The fourth-order valence-corrected chi connectivity index (χ4v) is 4.29. The van der Waals surface area contributed by atoms with Gasteiger partial charge in [-0.2, -0.15) is 0 Å². The summed E-state index contributed by atoms with van der Waals surface area (Å²) in [4.78, 5) is 0. The van der Waals surface area contributed by atoms with E-state index in [9.17, 15) is 0 Å². The zero-order valence-corrected chi connectivity index (χ0v) is 22.2. The Morgan fingerprint density at radius 2 is 0.724 bits per heavy atom. The molecule has 0 aromatic rings. The van der Waals surface area contributed by atoms with Crippen molar-refractivity contribution >= 4 is 58.2 Å². The lowest BCUT2D eigenvalue weighted by molar-refractivity contribution is 0.521. The Bertz CT molecular complexity index is 340. The van der Waals surface area contributed by atoms with Crippen LogP contribution in [0.5, 0.6) is 0 Å². The second-order valence-electron chi connectivity index (χ2n) is 8.45. The van der Waals surface area contributed by atoms with Gasteiger partial charge in [0, 0.05) is 10.7 Å². The molecule has 0 bridgehead atoms. The van der Waals surface area contributed by atoms with Gasteiger partial charge in [0.05, 0.1) is 0 Å². The Balaban J connectivity index is 3.01. The maximum absolute atomic E-state index is 4.99. The molecule has 0 amide bonds. The van der Waals surface area contributed by atoms with Gasteiger partial charge in [-0.15, -0.1) is 25.3 Å². The smallest absolute Gasteiger partial charge is 0.130 e. The number of hydrogen-bond donors (Lipinski definition) is 3. The van der Waals surface area contributed by atoms with E-state index in [0.29, 0.717) is 4.32 Å². The van der Waals surface area contributed by atoms with E-state index >= 15 is 0 Å². The summed E-state index contributed by atoms with van der Waals surface area (Å²) < 4.78 is 1.49. The van der Waals surface area contributed by atoms with Gasteiger partial charge < -0.3 is 5.32 Å². The molecular formula is C24H47NS4. The van der Waals surface area contributed by atoms with Crippen LogP contribution in [0.3, 0.4) is 0 Å². The lowest BCUT2D eigenvalue weighted by atomic mass is 10.0. The molecule has 29 heavy (non-hydrogen) atoms. The van der Waals surface area contributed by atoms with Crippen LogP contribution >= 0.6 is 49.7 Å². The minimum absolute atomic E-state index is 0.623. The fourth-order valence-electron chi connectivity index (χ4n) is 3.78. The summed E-state index contributed by atoms with van der Waals surface area (Å²) in [6.07, 6.45) is 28.9. The number of thiocarbonyl (C=S) groups is 2. The zero-order valence-electron chi connectivity index (χ0n) is 18.8. The molecule has 0 aliphatic rings. The molecule has 0 saturated heterocycles. The molecule has 0 spiro atoms. The first-order valence-electron chi connectivity index (χ1n) is 12.3. The van der Waals surface area contributed by atoms with Gasteiger partial charge in [0.15, 0.2) is 0 Å². The SMILES string of the molecule is S=C(S)CCCCCCCCCCCCCCCCCCCCCCNC(=S)S. The second kappa shape index (κ2) is 24.9. The van der Waals surface area contributed by atoms with Crippen molar-refractivity contribution in [1.29, 1.82) is 0 Å². The molecule has 0 aromatic heterocycles. The number of unbranched alkanes of at least 4 members (excludes halogenated alkanes) is 19. The molecule has 0 heterocycles. The third-order valence-electron chi connectivity index (χ3n) is 5.59. The molecule has 0 aliphatic carbocycles. The van der Waals surface area contributed by atoms with Crippen LogP contribution in [0.15, 0.2) is 0 Å².